The van der Waals surface area contributed by atoms with Crippen LogP contribution in [0.25, 0.3) is 0 Å². The molecule has 1 atom stereocenters. The SMILES string of the molecule is COC1(c2cccc(C)c2)OOC1(C1CCCCC1)C1CCCCC1. The fourth-order valence-corrected chi connectivity index (χ4v) is 5.72. The van der Waals surface area contributed by atoms with Gasteiger partial charge in [0.1, 0.15) is 0 Å². The summed E-state index contributed by atoms with van der Waals surface area (Å²) in [6, 6.07) is 8.61. The molecular weight excluding hydrogens is 312 g/mol. The summed E-state index contributed by atoms with van der Waals surface area (Å²) < 4.78 is 6.19. The fourth-order valence-electron chi connectivity index (χ4n) is 5.72. The normalized spacial score (nSPS) is 30.8. The Balaban J connectivity index is 1.78. The zero-order valence-electron chi connectivity index (χ0n) is 15.8. The molecule has 3 nitrogen and oxygen atoms in total. The van der Waals surface area contributed by atoms with Crippen LogP contribution in [0.3, 0.4) is 0 Å². The Labute approximate surface area is 152 Å². The number of hydrogen-bond acceptors (Lipinski definition) is 3. The lowest BCUT2D eigenvalue weighted by atomic mass is 9.60. The van der Waals surface area contributed by atoms with Gasteiger partial charge in [-0.15, -0.1) is 0 Å². The first-order valence-corrected chi connectivity index (χ1v) is 10.2. The highest BCUT2D eigenvalue weighted by Gasteiger charge is 2.72. The Bertz CT molecular complexity index is 565. The van der Waals surface area contributed by atoms with Crippen molar-refractivity contribution < 1.29 is 14.5 Å². The van der Waals surface area contributed by atoms with Crippen molar-refractivity contribution >= 4 is 0 Å². The van der Waals surface area contributed by atoms with Gasteiger partial charge in [-0.3, -0.25) is 0 Å². The lowest BCUT2D eigenvalue weighted by molar-refractivity contribution is -0.639. The summed E-state index contributed by atoms with van der Waals surface area (Å²) in [6.45, 7) is 2.13. The molecule has 1 unspecified atom stereocenters. The predicted molar refractivity (Wildman–Crippen MR) is 97.9 cm³/mol. The predicted octanol–water partition coefficient (Wildman–Crippen LogP) is 5.66. The zero-order valence-corrected chi connectivity index (χ0v) is 15.8. The summed E-state index contributed by atoms with van der Waals surface area (Å²) >= 11 is 0. The number of benzene rings is 1. The van der Waals surface area contributed by atoms with Crippen LogP contribution in [0.4, 0.5) is 0 Å². The summed E-state index contributed by atoms with van der Waals surface area (Å²) in [5.41, 5.74) is 2.04. The molecular formula is C22H32O3. The maximum Gasteiger partial charge on any atom is 0.260 e. The van der Waals surface area contributed by atoms with Crippen molar-refractivity contribution in [2.24, 2.45) is 11.8 Å². The van der Waals surface area contributed by atoms with E-state index in [2.05, 4.69) is 31.2 Å². The summed E-state index contributed by atoms with van der Waals surface area (Å²) in [6.07, 6.45) is 12.8. The highest BCUT2D eigenvalue weighted by molar-refractivity contribution is 5.31. The molecule has 4 rings (SSSR count). The lowest BCUT2D eigenvalue weighted by Crippen LogP contribution is -2.72. The molecule has 3 heteroatoms. The van der Waals surface area contributed by atoms with Crippen LogP contribution in [0, 0.1) is 18.8 Å². The van der Waals surface area contributed by atoms with Crippen molar-refractivity contribution in [3.8, 4) is 0 Å². The first-order chi connectivity index (χ1) is 12.2. The van der Waals surface area contributed by atoms with Crippen molar-refractivity contribution in [1.29, 1.82) is 0 Å². The van der Waals surface area contributed by atoms with Gasteiger partial charge in [0.2, 0.25) is 0 Å². The second-order valence-corrected chi connectivity index (χ2v) is 8.32. The van der Waals surface area contributed by atoms with Crippen LogP contribution in [-0.2, 0) is 20.3 Å². The molecule has 0 spiro atoms. The van der Waals surface area contributed by atoms with E-state index in [4.69, 9.17) is 14.5 Å². The Morgan fingerprint density at radius 1 is 0.880 bits per heavy atom. The topological polar surface area (TPSA) is 27.7 Å². The fraction of sp³-hybridized carbons (Fsp3) is 0.727. The van der Waals surface area contributed by atoms with Crippen LogP contribution in [-0.4, -0.2) is 12.7 Å². The Morgan fingerprint density at radius 3 is 1.92 bits per heavy atom. The van der Waals surface area contributed by atoms with Crippen molar-refractivity contribution in [1.82, 2.24) is 0 Å². The van der Waals surface area contributed by atoms with Gasteiger partial charge >= 0.3 is 0 Å². The van der Waals surface area contributed by atoms with Gasteiger partial charge < -0.3 is 4.74 Å². The van der Waals surface area contributed by atoms with Crippen molar-refractivity contribution in [2.75, 3.05) is 7.11 Å². The number of aryl methyl sites for hydroxylation is 1. The minimum atomic E-state index is -0.747. The smallest absolute Gasteiger partial charge is 0.260 e. The quantitative estimate of drug-likeness (QED) is 0.660. The highest BCUT2D eigenvalue weighted by Crippen LogP contribution is 2.62. The number of rotatable bonds is 4. The molecule has 2 saturated carbocycles. The van der Waals surface area contributed by atoms with Gasteiger partial charge in [-0.2, -0.15) is 4.89 Å². The number of ether oxygens (including phenoxy) is 1. The monoisotopic (exact) mass is 344 g/mol. The minimum absolute atomic E-state index is 0.323. The van der Waals surface area contributed by atoms with Crippen molar-refractivity contribution in [3.05, 3.63) is 35.4 Å². The molecule has 25 heavy (non-hydrogen) atoms. The maximum absolute atomic E-state index is 6.19. The molecule has 0 aromatic heterocycles. The van der Waals surface area contributed by atoms with E-state index in [0.717, 1.165) is 5.56 Å². The third kappa shape index (κ3) is 2.67. The maximum atomic E-state index is 6.19. The van der Waals surface area contributed by atoms with E-state index < -0.39 is 5.79 Å². The van der Waals surface area contributed by atoms with E-state index in [1.165, 1.54) is 69.8 Å². The van der Waals surface area contributed by atoms with Gasteiger partial charge in [0.05, 0.1) is 0 Å². The van der Waals surface area contributed by atoms with E-state index in [1.54, 1.807) is 7.11 Å². The molecule has 1 heterocycles. The number of methoxy groups -OCH3 is 1. The third-order valence-electron chi connectivity index (χ3n) is 6.92. The Kier molecular flexibility index (Phi) is 4.91. The van der Waals surface area contributed by atoms with Gasteiger partial charge in [-0.25, -0.2) is 4.89 Å². The summed E-state index contributed by atoms with van der Waals surface area (Å²) in [7, 11) is 1.80. The Morgan fingerprint density at radius 2 is 1.48 bits per heavy atom. The van der Waals surface area contributed by atoms with Crippen LogP contribution in [0.2, 0.25) is 0 Å². The molecule has 0 amide bonds. The molecule has 3 aliphatic rings. The van der Waals surface area contributed by atoms with E-state index in [9.17, 15) is 0 Å². The second-order valence-electron chi connectivity index (χ2n) is 8.32. The second kappa shape index (κ2) is 7.02. The van der Waals surface area contributed by atoms with E-state index >= 15 is 0 Å². The van der Waals surface area contributed by atoms with Gasteiger partial charge in [0.15, 0.2) is 5.60 Å². The van der Waals surface area contributed by atoms with Crippen LogP contribution in [0.1, 0.15) is 75.3 Å². The zero-order chi connectivity index (χ0) is 17.3. The first-order valence-electron chi connectivity index (χ1n) is 10.2. The third-order valence-corrected chi connectivity index (χ3v) is 6.92. The molecule has 3 fully saturated rings. The molecule has 0 radical (unpaired) electrons. The summed E-state index contributed by atoms with van der Waals surface area (Å²) in [4.78, 5) is 12.1. The van der Waals surface area contributed by atoms with Crippen molar-refractivity contribution in [3.63, 3.8) is 0 Å². The first kappa shape index (κ1) is 17.5. The average molecular weight is 344 g/mol. The van der Waals surface area contributed by atoms with E-state index in [1.807, 2.05) is 0 Å². The van der Waals surface area contributed by atoms with Gasteiger partial charge in [0.25, 0.3) is 5.79 Å². The molecule has 0 bridgehead atoms. The Hall–Kier alpha value is -0.900. The van der Waals surface area contributed by atoms with Gasteiger partial charge in [-0.05, 0) is 44.4 Å². The number of hydrogen-bond donors (Lipinski definition) is 0. The summed E-state index contributed by atoms with van der Waals surface area (Å²) in [5.74, 6) is 0.306. The van der Waals surface area contributed by atoms with Gasteiger partial charge in [-0.1, -0.05) is 68.4 Å². The van der Waals surface area contributed by atoms with Crippen LogP contribution in [0.5, 0.6) is 0 Å². The van der Waals surface area contributed by atoms with Crippen molar-refractivity contribution in [2.45, 2.75) is 82.5 Å². The van der Waals surface area contributed by atoms with E-state index in [-0.39, 0.29) is 5.60 Å². The highest BCUT2D eigenvalue weighted by atomic mass is 17.3. The molecule has 1 aliphatic heterocycles. The summed E-state index contributed by atoms with van der Waals surface area (Å²) in [5, 5.41) is 0. The molecule has 2 aliphatic carbocycles. The van der Waals surface area contributed by atoms with Gasteiger partial charge in [0, 0.05) is 12.7 Å². The van der Waals surface area contributed by atoms with Crippen LogP contribution >= 0.6 is 0 Å². The standard InChI is InChI=1S/C22H32O3/c1-17-10-9-15-20(16-17)22(23-2)21(24-25-22,18-11-5-3-6-12-18)19-13-7-4-8-14-19/h9-10,15-16,18-19H,3-8,11-14H2,1-2H3. The van der Waals surface area contributed by atoms with E-state index in [0.29, 0.717) is 11.8 Å². The lowest BCUT2D eigenvalue weighted by Gasteiger charge is -2.62. The van der Waals surface area contributed by atoms with Crippen LogP contribution in [0.15, 0.2) is 24.3 Å². The molecule has 1 aromatic rings. The average Bonchev–Trinajstić information content (AvgIpc) is 2.64. The largest absolute Gasteiger partial charge is 0.345 e. The minimum Gasteiger partial charge on any atom is -0.345 e. The molecule has 138 valence electrons. The van der Waals surface area contributed by atoms with Crippen LogP contribution < -0.4 is 0 Å². The molecule has 1 saturated heterocycles. The molecule has 0 N–H and O–H groups in total. The molecule has 1 aromatic carbocycles.